The van der Waals surface area contributed by atoms with Crippen LogP contribution in [0.5, 0.6) is 0 Å². The fourth-order valence-electron chi connectivity index (χ4n) is 2.48. The molecule has 0 spiro atoms. The van der Waals surface area contributed by atoms with Gasteiger partial charge in [-0.1, -0.05) is 107 Å². The molecule has 1 unspecified atom stereocenters. The molecule has 0 aliphatic heterocycles. The maximum Gasteiger partial charge on any atom is 0.00944 e. The molecular formula is C18H38S2. The zero-order valence-electron chi connectivity index (χ0n) is 14.5. The highest BCUT2D eigenvalue weighted by Crippen LogP contribution is 2.31. The van der Waals surface area contributed by atoms with Crippen molar-refractivity contribution in [3.8, 4) is 0 Å². The second-order valence-electron chi connectivity index (χ2n) is 6.35. The molecule has 0 aromatic heterocycles. The van der Waals surface area contributed by atoms with Gasteiger partial charge >= 0.3 is 0 Å². The van der Waals surface area contributed by atoms with Gasteiger partial charge in [0.2, 0.25) is 0 Å². The first-order valence-electron chi connectivity index (χ1n) is 8.98. The van der Waals surface area contributed by atoms with Crippen molar-refractivity contribution < 1.29 is 0 Å². The molecule has 0 fully saturated rings. The summed E-state index contributed by atoms with van der Waals surface area (Å²) in [5, 5.41) is 0.769. The first-order valence-corrected chi connectivity index (χ1v) is 11.4. The normalized spacial score (nSPS) is 13.1. The van der Waals surface area contributed by atoms with Crippen LogP contribution in [0.4, 0.5) is 0 Å². The number of hydrogen-bond acceptors (Lipinski definition) is 2. The molecular weight excluding hydrogens is 280 g/mol. The SMILES string of the molecule is CCCCCCCC(CCCCCC)CSSC(C)C. The van der Waals surface area contributed by atoms with Crippen molar-refractivity contribution >= 4 is 21.6 Å². The van der Waals surface area contributed by atoms with Crippen LogP contribution in [0.1, 0.15) is 98.3 Å². The minimum absolute atomic E-state index is 0.769. The first kappa shape index (κ1) is 20.7. The Balaban J connectivity index is 3.73. The molecule has 0 aromatic rings. The Bertz CT molecular complexity index is 180. The third-order valence-electron chi connectivity index (χ3n) is 3.75. The maximum atomic E-state index is 2.31. The summed E-state index contributed by atoms with van der Waals surface area (Å²) in [6.07, 6.45) is 15.8. The summed E-state index contributed by atoms with van der Waals surface area (Å²) in [5.41, 5.74) is 0. The van der Waals surface area contributed by atoms with Crippen molar-refractivity contribution in [1.82, 2.24) is 0 Å². The molecule has 0 aromatic carbocycles. The van der Waals surface area contributed by atoms with E-state index in [4.69, 9.17) is 0 Å². The summed E-state index contributed by atoms with van der Waals surface area (Å²) in [7, 11) is 4.19. The summed E-state index contributed by atoms with van der Waals surface area (Å²) in [6.45, 7) is 9.22. The fourth-order valence-corrected chi connectivity index (χ4v) is 4.99. The lowest BCUT2D eigenvalue weighted by atomic mass is 9.96. The molecule has 2 heteroatoms. The molecule has 0 radical (unpaired) electrons. The smallest absolute Gasteiger partial charge is 0.00944 e. The van der Waals surface area contributed by atoms with Crippen molar-refractivity contribution in [1.29, 1.82) is 0 Å². The van der Waals surface area contributed by atoms with E-state index in [2.05, 4.69) is 49.3 Å². The second-order valence-corrected chi connectivity index (χ2v) is 9.34. The van der Waals surface area contributed by atoms with Crippen LogP contribution in [0.15, 0.2) is 0 Å². The van der Waals surface area contributed by atoms with Gasteiger partial charge in [0.25, 0.3) is 0 Å². The van der Waals surface area contributed by atoms with Gasteiger partial charge in [-0.15, -0.1) is 0 Å². The molecule has 0 aliphatic rings. The van der Waals surface area contributed by atoms with E-state index in [0.29, 0.717) is 0 Å². The average Bonchev–Trinajstić information content (AvgIpc) is 2.42. The van der Waals surface area contributed by atoms with E-state index in [1.807, 2.05) is 0 Å². The van der Waals surface area contributed by atoms with Crippen LogP contribution in [0.3, 0.4) is 0 Å². The largest absolute Gasteiger partial charge is 0.0936 e. The van der Waals surface area contributed by atoms with Crippen LogP contribution >= 0.6 is 21.6 Å². The number of unbranched alkanes of at least 4 members (excludes halogenated alkanes) is 7. The van der Waals surface area contributed by atoms with Gasteiger partial charge < -0.3 is 0 Å². The molecule has 0 heterocycles. The zero-order valence-corrected chi connectivity index (χ0v) is 16.1. The van der Waals surface area contributed by atoms with E-state index >= 15 is 0 Å². The van der Waals surface area contributed by atoms with Crippen LogP contribution in [0.2, 0.25) is 0 Å². The van der Waals surface area contributed by atoms with Gasteiger partial charge in [0.15, 0.2) is 0 Å². The van der Waals surface area contributed by atoms with Gasteiger partial charge in [0, 0.05) is 11.0 Å². The molecule has 0 amide bonds. The molecule has 1 atom stereocenters. The highest BCUT2D eigenvalue weighted by atomic mass is 33.1. The molecule has 0 saturated carbocycles. The Morgan fingerprint density at radius 1 is 0.700 bits per heavy atom. The van der Waals surface area contributed by atoms with Gasteiger partial charge in [-0.2, -0.15) is 0 Å². The van der Waals surface area contributed by atoms with Crippen LogP contribution in [-0.4, -0.2) is 11.0 Å². The Hall–Kier alpha value is 0.700. The van der Waals surface area contributed by atoms with Gasteiger partial charge in [0.05, 0.1) is 0 Å². The maximum absolute atomic E-state index is 2.31. The quantitative estimate of drug-likeness (QED) is 0.224. The van der Waals surface area contributed by atoms with E-state index in [9.17, 15) is 0 Å². The molecule has 0 bridgehead atoms. The summed E-state index contributed by atoms with van der Waals surface area (Å²) in [6, 6.07) is 0. The average molecular weight is 319 g/mol. The first-order chi connectivity index (χ1) is 9.70. The molecule has 0 N–H and O–H groups in total. The topological polar surface area (TPSA) is 0 Å². The summed E-state index contributed by atoms with van der Waals surface area (Å²) < 4.78 is 0. The molecule has 0 rings (SSSR count). The van der Waals surface area contributed by atoms with Gasteiger partial charge in [-0.3, -0.25) is 0 Å². The Morgan fingerprint density at radius 3 is 1.70 bits per heavy atom. The van der Waals surface area contributed by atoms with Gasteiger partial charge in [-0.05, 0) is 18.8 Å². The van der Waals surface area contributed by atoms with E-state index in [1.165, 1.54) is 76.4 Å². The fraction of sp³-hybridized carbons (Fsp3) is 1.00. The molecule has 0 nitrogen and oxygen atoms in total. The third kappa shape index (κ3) is 15.1. The van der Waals surface area contributed by atoms with Crippen LogP contribution in [0.25, 0.3) is 0 Å². The minimum atomic E-state index is 0.769. The predicted octanol–water partition coefficient (Wildman–Crippen LogP) is 7.72. The van der Waals surface area contributed by atoms with Crippen molar-refractivity contribution in [2.45, 2.75) is 104 Å². The van der Waals surface area contributed by atoms with Crippen molar-refractivity contribution in [2.24, 2.45) is 5.92 Å². The predicted molar refractivity (Wildman–Crippen MR) is 101 cm³/mol. The lowest BCUT2D eigenvalue weighted by Gasteiger charge is -2.17. The summed E-state index contributed by atoms with van der Waals surface area (Å²) >= 11 is 0. The Kier molecular flexibility index (Phi) is 16.6. The molecule has 20 heavy (non-hydrogen) atoms. The highest BCUT2D eigenvalue weighted by Gasteiger charge is 2.09. The Morgan fingerprint density at radius 2 is 1.20 bits per heavy atom. The lowest BCUT2D eigenvalue weighted by molar-refractivity contribution is 0.441. The standard InChI is InChI=1S/C18H38S2/c1-5-7-9-11-13-15-18(14-12-10-8-6-2)16-19-20-17(3)4/h17-18H,5-16H2,1-4H3. The van der Waals surface area contributed by atoms with E-state index < -0.39 is 0 Å². The Labute approximate surface area is 137 Å². The summed E-state index contributed by atoms with van der Waals surface area (Å²) in [5.74, 6) is 2.35. The van der Waals surface area contributed by atoms with Crippen LogP contribution in [0, 0.1) is 5.92 Å². The van der Waals surface area contributed by atoms with Crippen molar-refractivity contribution in [3.05, 3.63) is 0 Å². The molecule has 0 aliphatic carbocycles. The minimum Gasteiger partial charge on any atom is -0.0936 e. The van der Waals surface area contributed by atoms with Crippen LogP contribution < -0.4 is 0 Å². The van der Waals surface area contributed by atoms with E-state index in [-0.39, 0.29) is 0 Å². The lowest BCUT2D eigenvalue weighted by Crippen LogP contribution is -2.04. The second kappa shape index (κ2) is 16.1. The monoisotopic (exact) mass is 318 g/mol. The van der Waals surface area contributed by atoms with Crippen molar-refractivity contribution in [2.75, 3.05) is 5.75 Å². The zero-order chi connectivity index (χ0) is 15.1. The highest BCUT2D eigenvalue weighted by molar-refractivity contribution is 8.76. The molecule has 122 valence electrons. The van der Waals surface area contributed by atoms with Gasteiger partial charge in [-0.25, -0.2) is 0 Å². The number of hydrogen-bond donors (Lipinski definition) is 0. The molecule has 0 saturated heterocycles. The van der Waals surface area contributed by atoms with E-state index in [1.54, 1.807) is 0 Å². The van der Waals surface area contributed by atoms with E-state index in [0.717, 1.165) is 11.2 Å². The van der Waals surface area contributed by atoms with Crippen molar-refractivity contribution in [3.63, 3.8) is 0 Å². The van der Waals surface area contributed by atoms with Crippen LogP contribution in [-0.2, 0) is 0 Å². The van der Waals surface area contributed by atoms with Gasteiger partial charge in [0.1, 0.15) is 0 Å². The number of rotatable bonds is 15. The summed E-state index contributed by atoms with van der Waals surface area (Å²) in [4.78, 5) is 0. The third-order valence-corrected chi connectivity index (χ3v) is 6.85.